The molecule has 10 nitrogen and oxygen atoms in total. The van der Waals surface area contributed by atoms with Crippen molar-refractivity contribution in [1.82, 2.24) is 25.0 Å². The number of amides is 1. The topological polar surface area (TPSA) is 121 Å². The number of allylic oxidation sites excluding steroid dienone is 1. The van der Waals surface area contributed by atoms with E-state index in [0.29, 0.717) is 54.6 Å². The Morgan fingerprint density at radius 3 is 2.97 bits per heavy atom. The van der Waals surface area contributed by atoms with Crippen molar-refractivity contribution in [1.29, 1.82) is 0 Å². The minimum atomic E-state index is -0.912. The number of methoxy groups -OCH3 is 1. The fourth-order valence-electron chi connectivity index (χ4n) is 4.42. The molecule has 3 aromatic rings. The van der Waals surface area contributed by atoms with Gasteiger partial charge >= 0.3 is 6.09 Å². The summed E-state index contributed by atoms with van der Waals surface area (Å²) in [6.45, 7) is 3.92. The molecule has 1 aromatic carbocycles. The normalized spacial score (nSPS) is 19.7. The molecule has 2 aliphatic heterocycles. The monoisotopic (exact) mass is 449 g/mol. The van der Waals surface area contributed by atoms with Gasteiger partial charge in [-0.25, -0.2) is 9.78 Å². The molecule has 0 spiro atoms. The van der Waals surface area contributed by atoms with E-state index in [9.17, 15) is 14.7 Å². The number of carbonyl (C=O) groups is 2. The zero-order valence-corrected chi connectivity index (χ0v) is 18.2. The Hall–Kier alpha value is -3.92. The predicted molar refractivity (Wildman–Crippen MR) is 119 cm³/mol. The number of carbonyl (C=O) groups excluding carboxylic acids is 1. The summed E-state index contributed by atoms with van der Waals surface area (Å²) in [7, 11) is 1.58. The molecule has 4 heterocycles. The van der Waals surface area contributed by atoms with Crippen LogP contribution in [0, 0.1) is 0 Å². The Morgan fingerprint density at radius 2 is 2.21 bits per heavy atom. The highest BCUT2D eigenvalue weighted by Crippen LogP contribution is 2.41. The summed E-state index contributed by atoms with van der Waals surface area (Å²) in [5.74, 6) is 1.04. The van der Waals surface area contributed by atoms with E-state index in [2.05, 4.69) is 20.1 Å². The van der Waals surface area contributed by atoms with Crippen LogP contribution >= 0.6 is 0 Å². The minimum Gasteiger partial charge on any atom is -0.496 e. The second kappa shape index (κ2) is 8.21. The van der Waals surface area contributed by atoms with Crippen LogP contribution < -0.4 is 9.47 Å². The number of ketones is 1. The highest BCUT2D eigenvalue weighted by atomic mass is 16.5. The van der Waals surface area contributed by atoms with Crippen molar-refractivity contribution in [2.45, 2.75) is 19.5 Å². The largest absolute Gasteiger partial charge is 0.496 e. The first kappa shape index (κ1) is 21.0. The van der Waals surface area contributed by atoms with E-state index in [1.807, 2.05) is 13.0 Å². The van der Waals surface area contributed by atoms with Gasteiger partial charge in [-0.1, -0.05) is 0 Å². The number of fused-ring (bicyclic) bond motifs is 2. The standard InChI is InChI=1S/C23H23N5O5/c1-13-11-27(8-9-28(13)23(30)31)12-16-18(32-2)6-5-15-20(29)19(33-21(15)16)10-17-14-4-3-7-24-22(14)26-25-17/h3-7,10,13H,8-9,11-12H2,1-2H3,(H,30,31)(H,24,25,26). The fraction of sp³-hybridized carbons (Fsp3) is 0.304. The average Bonchev–Trinajstić information content (AvgIpc) is 3.35. The van der Waals surface area contributed by atoms with Gasteiger partial charge in [-0.15, -0.1) is 0 Å². The van der Waals surface area contributed by atoms with E-state index in [-0.39, 0.29) is 17.6 Å². The Morgan fingerprint density at radius 1 is 1.36 bits per heavy atom. The number of aromatic amines is 1. The molecule has 1 saturated heterocycles. The zero-order chi connectivity index (χ0) is 23.1. The van der Waals surface area contributed by atoms with Crippen molar-refractivity contribution in [3.8, 4) is 11.5 Å². The number of hydrogen-bond donors (Lipinski definition) is 2. The Labute approximate surface area is 189 Å². The quantitative estimate of drug-likeness (QED) is 0.584. The van der Waals surface area contributed by atoms with Crippen molar-refractivity contribution in [3.05, 3.63) is 53.0 Å². The second-order valence-corrected chi connectivity index (χ2v) is 8.13. The molecule has 2 N–H and O–H groups in total. The summed E-state index contributed by atoms with van der Waals surface area (Å²) >= 11 is 0. The summed E-state index contributed by atoms with van der Waals surface area (Å²) < 4.78 is 11.6. The van der Waals surface area contributed by atoms with Gasteiger partial charge in [-0.3, -0.25) is 14.8 Å². The highest BCUT2D eigenvalue weighted by Gasteiger charge is 2.34. The van der Waals surface area contributed by atoms with Crippen molar-refractivity contribution in [3.63, 3.8) is 0 Å². The lowest BCUT2D eigenvalue weighted by atomic mass is 10.0. The van der Waals surface area contributed by atoms with Crippen LogP contribution in [0.2, 0.25) is 0 Å². The number of pyridine rings is 1. The molecule has 2 aromatic heterocycles. The van der Waals surface area contributed by atoms with Crippen LogP contribution in [0.1, 0.15) is 28.5 Å². The van der Waals surface area contributed by atoms with Gasteiger partial charge in [0.1, 0.15) is 11.5 Å². The lowest BCUT2D eigenvalue weighted by molar-refractivity contribution is 0.0705. The molecule has 1 amide bonds. The molecule has 5 rings (SSSR count). The lowest BCUT2D eigenvalue weighted by Crippen LogP contribution is -2.53. The zero-order valence-electron chi connectivity index (χ0n) is 18.2. The number of Topliss-reactive ketones (excluding diaryl/α,β-unsaturated/α-hetero) is 1. The summed E-state index contributed by atoms with van der Waals surface area (Å²) in [6.07, 6.45) is 2.37. The van der Waals surface area contributed by atoms with Gasteiger partial charge in [0.05, 0.1) is 23.9 Å². The van der Waals surface area contributed by atoms with E-state index >= 15 is 0 Å². The molecule has 0 saturated carbocycles. The van der Waals surface area contributed by atoms with Gasteiger partial charge in [0, 0.05) is 49.9 Å². The lowest BCUT2D eigenvalue weighted by Gasteiger charge is -2.38. The number of nitrogens with zero attached hydrogens (tertiary/aromatic N) is 4. The molecule has 0 bridgehead atoms. The van der Waals surface area contributed by atoms with Crippen LogP contribution in [0.3, 0.4) is 0 Å². The molecule has 0 aliphatic carbocycles. The molecule has 170 valence electrons. The van der Waals surface area contributed by atoms with Crippen molar-refractivity contribution < 1.29 is 24.2 Å². The maximum absolute atomic E-state index is 13.1. The Balaban J connectivity index is 1.45. The van der Waals surface area contributed by atoms with E-state index in [1.54, 1.807) is 37.6 Å². The fourth-order valence-corrected chi connectivity index (χ4v) is 4.42. The Kier molecular flexibility index (Phi) is 5.21. The van der Waals surface area contributed by atoms with Crippen LogP contribution in [0.25, 0.3) is 17.1 Å². The minimum absolute atomic E-state index is 0.140. The maximum Gasteiger partial charge on any atom is 0.407 e. The summed E-state index contributed by atoms with van der Waals surface area (Å²) in [4.78, 5) is 32.3. The summed E-state index contributed by atoms with van der Waals surface area (Å²) in [6, 6.07) is 7.01. The van der Waals surface area contributed by atoms with Gasteiger partial charge in [-0.2, -0.15) is 5.10 Å². The van der Waals surface area contributed by atoms with Crippen molar-refractivity contribution in [2.24, 2.45) is 0 Å². The smallest absolute Gasteiger partial charge is 0.407 e. The molecule has 0 radical (unpaired) electrons. The number of piperazine rings is 1. The van der Waals surface area contributed by atoms with E-state index in [0.717, 1.165) is 10.9 Å². The van der Waals surface area contributed by atoms with E-state index in [4.69, 9.17) is 9.47 Å². The van der Waals surface area contributed by atoms with Crippen LogP contribution in [0.5, 0.6) is 11.5 Å². The molecule has 1 fully saturated rings. The average molecular weight is 449 g/mol. The number of hydrogen-bond acceptors (Lipinski definition) is 7. The van der Waals surface area contributed by atoms with Gasteiger partial charge in [0.25, 0.3) is 0 Å². The first-order chi connectivity index (χ1) is 16.0. The van der Waals surface area contributed by atoms with Gasteiger partial charge in [0.15, 0.2) is 11.4 Å². The molecule has 1 atom stereocenters. The summed E-state index contributed by atoms with van der Waals surface area (Å²) in [5.41, 5.74) is 2.43. The Bertz CT molecular complexity index is 1280. The third-order valence-electron chi connectivity index (χ3n) is 6.09. The van der Waals surface area contributed by atoms with Crippen molar-refractivity contribution in [2.75, 3.05) is 26.7 Å². The van der Waals surface area contributed by atoms with E-state index in [1.165, 1.54) is 4.90 Å². The second-order valence-electron chi connectivity index (χ2n) is 8.13. The van der Waals surface area contributed by atoms with Crippen molar-refractivity contribution >= 4 is 29.0 Å². The first-order valence-electron chi connectivity index (χ1n) is 10.6. The third-order valence-corrected chi connectivity index (χ3v) is 6.09. The number of H-pyrrole nitrogens is 1. The highest BCUT2D eigenvalue weighted by molar-refractivity contribution is 6.15. The molecule has 1 unspecified atom stereocenters. The van der Waals surface area contributed by atoms with Crippen LogP contribution in [-0.2, 0) is 6.54 Å². The third kappa shape index (κ3) is 3.68. The molecule has 33 heavy (non-hydrogen) atoms. The van der Waals surface area contributed by atoms with E-state index < -0.39 is 6.09 Å². The number of ether oxygens (including phenoxy) is 2. The van der Waals surface area contributed by atoms with Gasteiger partial charge in [-0.05, 0) is 31.2 Å². The molecule has 10 heteroatoms. The number of carboxylic acid groups (broad SMARTS) is 1. The SMILES string of the molecule is COc1ccc2c(c1CN1CCN(C(=O)O)C(C)C1)OC(=Cc1n[nH]c3ncccc13)C2=O. The maximum atomic E-state index is 13.1. The molecule has 2 aliphatic rings. The predicted octanol–water partition coefficient (Wildman–Crippen LogP) is 2.77. The van der Waals surface area contributed by atoms with Gasteiger partial charge < -0.3 is 19.5 Å². The molecular formula is C23H23N5O5. The number of aromatic nitrogens is 3. The van der Waals surface area contributed by atoms with Crippen LogP contribution in [-0.4, -0.2) is 74.8 Å². The van der Waals surface area contributed by atoms with Crippen LogP contribution in [0.4, 0.5) is 4.79 Å². The first-order valence-corrected chi connectivity index (χ1v) is 10.6. The number of nitrogens with one attached hydrogen (secondary N) is 1. The number of rotatable bonds is 4. The van der Waals surface area contributed by atoms with Crippen LogP contribution in [0.15, 0.2) is 36.2 Å². The molecular weight excluding hydrogens is 426 g/mol. The van der Waals surface area contributed by atoms with Gasteiger partial charge in [0.2, 0.25) is 5.78 Å². The number of benzene rings is 1. The summed E-state index contributed by atoms with van der Waals surface area (Å²) in [5, 5.41) is 17.2.